The third-order valence-electron chi connectivity index (χ3n) is 3.32. The van der Waals surface area contributed by atoms with Gasteiger partial charge in [-0.25, -0.2) is 0 Å². The minimum absolute atomic E-state index is 0.0505. The molecule has 5 nitrogen and oxygen atoms in total. The minimum Gasteiger partial charge on any atom is -0.352 e. The summed E-state index contributed by atoms with van der Waals surface area (Å²) in [6.07, 6.45) is 5.13. The second-order valence-electron chi connectivity index (χ2n) is 4.45. The Labute approximate surface area is 102 Å². The summed E-state index contributed by atoms with van der Waals surface area (Å²) in [5, 5.41) is 6.93. The van der Waals surface area contributed by atoms with Crippen LogP contribution >= 0.6 is 0 Å². The van der Waals surface area contributed by atoms with Gasteiger partial charge in [-0.2, -0.15) is 5.10 Å². The Balaban J connectivity index is 2.50. The summed E-state index contributed by atoms with van der Waals surface area (Å²) < 4.78 is 1.63. The Morgan fingerprint density at radius 3 is 2.65 bits per heavy atom. The molecule has 0 saturated carbocycles. The molecule has 0 fully saturated rings. The summed E-state index contributed by atoms with van der Waals surface area (Å²) >= 11 is 0. The molecule has 0 spiro atoms. The second kappa shape index (κ2) is 5.82. The fourth-order valence-electron chi connectivity index (χ4n) is 1.54. The van der Waals surface area contributed by atoms with Crippen molar-refractivity contribution in [2.24, 2.45) is 5.73 Å². The number of carbonyl (C=O) groups excluding carboxylic acids is 1. The van der Waals surface area contributed by atoms with Crippen molar-refractivity contribution in [3.63, 3.8) is 0 Å². The van der Waals surface area contributed by atoms with Crippen LogP contribution in [0.2, 0.25) is 0 Å². The van der Waals surface area contributed by atoms with Crippen LogP contribution in [0.3, 0.4) is 0 Å². The molecular formula is C12H22N4O. The fraction of sp³-hybridized carbons (Fsp3) is 0.667. The molecule has 1 atom stereocenters. The number of amides is 1. The highest BCUT2D eigenvalue weighted by Crippen LogP contribution is 2.10. The molecule has 1 unspecified atom stereocenters. The maximum atomic E-state index is 11.9. The maximum absolute atomic E-state index is 11.9. The van der Waals surface area contributed by atoms with Gasteiger partial charge in [0.1, 0.15) is 6.04 Å². The molecule has 0 aliphatic rings. The number of hydrogen-bond acceptors (Lipinski definition) is 3. The van der Waals surface area contributed by atoms with Gasteiger partial charge in [-0.3, -0.25) is 9.48 Å². The zero-order valence-corrected chi connectivity index (χ0v) is 10.8. The lowest BCUT2D eigenvalue weighted by Gasteiger charge is -2.27. The minimum atomic E-state index is -0.306. The lowest BCUT2D eigenvalue weighted by Crippen LogP contribution is -2.50. The van der Waals surface area contributed by atoms with Crippen LogP contribution in [-0.4, -0.2) is 27.8 Å². The third-order valence-corrected chi connectivity index (χ3v) is 3.32. The van der Waals surface area contributed by atoms with Gasteiger partial charge in [0.25, 0.3) is 0 Å². The van der Waals surface area contributed by atoms with E-state index in [1.807, 2.05) is 20.8 Å². The normalized spacial score (nSPS) is 13.4. The molecule has 0 aromatic carbocycles. The summed E-state index contributed by atoms with van der Waals surface area (Å²) in [6.45, 7) is 6.39. The van der Waals surface area contributed by atoms with Crippen LogP contribution in [0.15, 0.2) is 18.5 Å². The average Bonchev–Trinajstić information content (AvgIpc) is 2.88. The predicted molar refractivity (Wildman–Crippen MR) is 67.4 cm³/mol. The SMILES string of the molecule is CCC(N)(CC)CNC(=O)C(C)n1cccn1. The van der Waals surface area contributed by atoms with E-state index < -0.39 is 0 Å². The number of aromatic nitrogens is 2. The first kappa shape index (κ1) is 13.7. The number of carbonyl (C=O) groups is 1. The molecule has 17 heavy (non-hydrogen) atoms. The van der Waals surface area contributed by atoms with E-state index in [1.165, 1.54) is 0 Å². The van der Waals surface area contributed by atoms with Crippen molar-refractivity contribution in [1.82, 2.24) is 15.1 Å². The molecule has 0 aliphatic carbocycles. The monoisotopic (exact) mass is 238 g/mol. The lowest BCUT2D eigenvalue weighted by molar-refractivity contribution is -0.124. The van der Waals surface area contributed by atoms with Crippen LogP contribution in [0.25, 0.3) is 0 Å². The van der Waals surface area contributed by atoms with E-state index in [-0.39, 0.29) is 17.5 Å². The average molecular weight is 238 g/mol. The van der Waals surface area contributed by atoms with Crippen molar-refractivity contribution >= 4 is 5.91 Å². The lowest BCUT2D eigenvalue weighted by atomic mass is 9.94. The number of hydrogen-bond donors (Lipinski definition) is 2. The highest BCUT2D eigenvalue weighted by molar-refractivity contribution is 5.79. The Morgan fingerprint density at radius 1 is 1.53 bits per heavy atom. The Bertz CT molecular complexity index is 343. The van der Waals surface area contributed by atoms with Gasteiger partial charge in [0.05, 0.1) is 0 Å². The van der Waals surface area contributed by atoms with Crippen molar-refractivity contribution < 1.29 is 4.79 Å². The topological polar surface area (TPSA) is 72.9 Å². The summed E-state index contributed by atoms with van der Waals surface area (Å²) in [5.74, 6) is -0.0505. The molecule has 1 aromatic heterocycles. The third kappa shape index (κ3) is 3.56. The molecule has 0 aliphatic heterocycles. The molecule has 1 heterocycles. The van der Waals surface area contributed by atoms with Crippen molar-refractivity contribution in [2.75, 3.05) is 6.54 Å². The first-order valence-electron chi connectivity index (χ1n) is 6.08. The predicted octanol–water partition coefficient (Wildman–Crippen LogP) is 1.08. The number of nitrogens with zero attached hydrogens (tertiary/aromatic N) is 2. The fourth-order valence-corrected chi connectivity index (χ4v) is 1.54. The van der Waals surface area contributed by atoms with E-state index in [9.17, 15) is 4.79 Å². The largest absolute Gasteiger partial charge is 0.352 e. The Hall–Kier alpha value is -1.36. The van der Waals surface area contributed by atoms with Gasteiger partial charge in [0, 0.05) is 24.5 Å². The molecule has 0 saturated heterocycles. The molecule has 1 amide bonds. The van der Waals surface area contributed by atoms with Gasteiger partial charge in [-0.15, -0.1) is 0 Å². The smallest absolute Gasteiger partial charge is 0.244 e. The summed E-state index contributed by atoms with van der Waals surface area (Å²) in [4.78, 5) is 11.9. The van der Waals surface area contributed by atoms with Crippen LogP contribution in [-0.2, 0) is 4.79 Å². The molecule has 0 radical (unpaired) electrons. The molecule has 5 heteroatoms. The van der Waals surface area contributed by atoms with Crippen molar-refractivity contribution in [2.45, 2.75) is 45.2 Å². The van der Waals surface area contributed by atoms with Gasteiger partial charge < -0.3 is 11.1 Å². The van der Waals surface area contributed by atoms with Gasteiger partial charge in [0.15, 0.2) is 0 Å². The summed E-state index contributed by atoms with van der Waals surface area (Å²) in [5.41, 5.74) is 5.82. The quantitative estimate of drug-likeness (QED) is 0.779. The van der Waals surface area contributed by atoms with E-state index in [0.29, 0.717) is 6.54 Å². The molecular weight excluding hydrogens is 216 g/mol. The highest BCUT2D eigenvalue weighted by atomic mass is 16.2. The second-order valence-corrected chi connectivity index (χ2v) is 4.45. The van der Waals surface area contributed by atoms with E-state index >= 15 is 0 Å². The first-order valence-corrected chi connectivity index (χ1v) is 6.08. The van der Waals surface area contributed by atoms with Crippen molar-refractivity contribution in [1.29, 1.82) is 0 Å². The summed E-state index contributed by atoms with van der Waals surface area (Å²) in [7, 11) is 0. The molecule has 0 bridgehead atoms. The van der Waals surface area contributed by atoms with Gasteiger partial charge >= 0.3 is 0 Å². The summed E-state index contributed by atoms with van der Waals surface area (Å²) in [6, 6.07) is 1.50. The van der Waals surface area contributed by atoms with Crippen LogP contribution in [0.5, 0.6) is 0 Å². The Kier molecular flexibility index (Phi) is 4.69. The van der Waals surface area contributed by atoms with Crippen LogP contribution in [0, 0.1) is 0 Å². The van der Waals surface area contributed by atoms with E-state index in [0.717, 1.165) is 12.8 Å². The van der Waals surface area contributed by atoms with Gasteiger partial charge in [0.2, 0.25) is 5.91 Å². The highest BCUT2D eigenvalue weighted by Gasteiger charge is 2.23. The maximum Gasteiger partial charge on any atom is 0.244 e. The van der Waals surface area contributed by atoms with Crippen molar-refractivity contribution in [3.8, 4) is 0 Å². The van der Waals surface area contributed by atoms with Crippen LogP contribution in [0.1, 0.15) is 39.7 Å². The van der Waals surface area contributed by atoms with E-state index in [4.69, 9.17) is 5.73 Å². The number of nitrogens with two attached hydrogens (primary N) is 1. The Morgan fingerprint density at radius 2 is 2.18 bits per heavy atom. The standard InChI is InChI=1S/C12H22N4O/c1-4-12(13,5-2)9-14-11(17)10(3)16-8-6-7-15-16/h6-8,10H,4-5,9,13H2,1-3H3,(H,14,17). The molecule has 96 valence electrons. The zero-order valence-electron chi connectivity index (χ0n) is 10.8. The molecule has 1 rings (SSSR count). The van der Waals surface area contributed by atoms with Crippen molar-refractivity contribution in [3.05, 3.63) is 18.5 Å². The van der Waals surface area contributed by atoms with Crippen LogP contribution < -0.4 is 11.1 Å². The number of nitrogens with one attached hydrogen (secondary N) is 1. The van der Waals surface area contributed by atoms with Gasteiger partial charge in [-0.1, -0.05) is 13.8 Å². The molecule has 3 N–H and O–H groups in total. The zero-order chi connectivity index (χ0) is 12.9. The number of rotatable bonds is 6. The van der Waals surface area contributed by atoms with E-state index in [1.54, 1.807) is 23.1 Å². The van der Waals surface area contributed by atoms with E-state index in [2.05, 4.69) is 10.4 Å². The first-order chi connectivity index (χ1) is 8.02. The van der Waals surface area contributed by atoms with Gasteiger partial charge in [-0.05, 0) is 25.8 Å². The van der Waals surface area contributed by atoms with Crippen LogP contribution in [0.4, 0.5) is 0 Å². The molecule has 1 aromatic rings.